The molecule has 0 unspecified atom stereocenters. The van der Waals surface area contributed by atoms with E-state index in [0.29, 0.717) is 0 Å². The quantitative estimate of drug-likeness (QED) is 0.817. The second kappa shape index (κ2) is 7.35. The molecule has 1 N–H and O–H groups in total. The van der Waals surface area contributed by atoms with Crippen molar-refractivity contribution in [1.29, 1.82) is 0 Å². The van der Waals surface area contributed by atoms with Crippen molar-refractivity contribution in [3.05, 3.63) is 35.4 Å². The highest BCUT2D eigenvalue weighted by atomic mass is 32.2. The van der Waals surface area contributed by atoms with Gasteiger partial charge in [-0.15, -0.1) is 0 Å². The van der Waals surface area contributed by atoms with E-state index in [1.54, 1.807) is 0 Å². The van der Waals surface area contributed by atoms with Crippen molar-refractivity contribution < 1.29 is 4.79 Å². The minimum Gasteiger partial charge on any atom is -0.351 e. The molecule has 0 spiro atoms. The van der Waals surface area contributed by atoms with E-state index in [1.807, 2.05) is 23.9 Å². The first-order chi connectivity index (χ1) is 9.97. The van der Waals surface area contributed by atoms with Crippen molar-refractivity contribution >= 4 is 17.7 Å². The fourth-order valence-corrected chi connectivity index (χ4v) is 3.89. The van der Waals surface area contributed by atoms with Crippen LogP contribution in [0.1, 0.15) is 62.4 Å². The van der Waals surface area contributed by atoms with E-state index in [4.69, 9.17) is 0 Å². The van der Waals surface area contributed by atoms with Gasteiger partial charge in [0.25, 0.3) is 5.91 Å². The van der Waals surface area contributed by atoms with Crippen LogP contribution in [0.4, 0.5) is 0 Å². The highest BCUT2D eigenvalue weighted by Gasteiger charge is 2.16. The summed E-state index contributed by atoms with van der Waals surface area (Å²) in [6, 6.07) is 7.98. The van der Waals surface area contributed by atoms with E-state index >= 15 is 0 Å². The van der Waals surface area contributed by atoms with Crippen LogP contribution >= 0.6 is 11.8 Å². The molecule has 1 aliphatic rings. The van der Waals surface area contributed by atoms with Crippen LogP contribution in [0.2, 0.25) is 0 Å². The van der Waals surface area contributed by atoms with Gasteiger partial charge in [-0.25, -0.2) is 0 Å². The van der Waals surface area contributed by atoms with Gasteiger partial charge in [0, 0.05) is 23.1 Å². The molecular formula is C18H27NOS. The summed E-state index contributed by atoms with van der Waals surface area (Å²) in [5.74, 6) is 1.07. The van der Waals surface area contributed by atoms with E-state index in [1.165, 1.54) is 31.2 Å². The van der Waals surface area contributed by atoms with Crippen LogP contribution in [0.5, 0.6) is 0 Å². The molecule has 0 bridgehead atoms. The Hall–Kier alpha value is -0.960. The molecule has 1 aromatic carbocycles. The molecule has 21 heavy (non-hydrogen) atoms. The number of hydrogen-bond donors (Lipinski definition) is 1. The standard InChI is InChI=1S/C18H27NOS/c1-18(2,3)15-10-8-14(9-11-15)17(20)19-12-13-21-16-6-4-5-7-16/h8-11,16H,4-7,12-13H2,1-3H3,(H,19,20). The molecule has 1 aliphatic carbocycles. The number of rotatable bonds is 5. The molecule has 116 valence electrons. The van der Waals surface area contributed by atoms with Gasteiger partial charge in [-0.1, -0.05) is 45.7 Å². The molecule has 1 saturated carbocycles. The van der Waals surface area contributed by atoms with Crippen LogP contribution in [0.15, 0.2) is 24.3 Å². The highest BCUT2D eigenvalue weighted by Crippen LogP contribution is 2.28. The van der Waals surface area contributed by atoms with E-state index in [9.17, 15) is 4.79 Å². The fourth-order valence-electron chi connectivity index (χ4n) is 2.67. The molecular weight excluding hydrogens is 278 g/mol. The maximum Gasteiger partial charge on any atom is 0.251 e. The number of amides is 1. The van der Waals surface area contributed by atoms with Gasteiger partial charge in [0.2, 0.25) is 0 Å². The van der Waals surface area contributed by atoms with Crippen molar-refractivity contribution in [3.8, 4) is 0 Å². The van der Waals surface area contributed by atoms with Crippen LogP contribution in [0.25, 0.3) is 0 Å². The summed E-state index contributed by atoms with van der Waals surface area (Å²) in [5.41, 5.74) is 2.15. The summed E-state index contributed by atoms with van der Waals surface area (Å²) in [6.45, 7) is 7.31. The molecule has 0 aliphatic heterocycles. The Balaban J connectivity index is 1.75. The maximum atomic E-state index is 12.1. The lowest BCUT2D eigenvalue weighted by Gasteiger charge is -2.19. The normalized spacial score (nSPS) is 16.1. The van der Waals surface area contributed by atoms with E-state index in [0.717, 1.165) is 23.1 Å². The zero-order valence-corrected chi connectivity index (χ0v) is 14.3. The minimum absolute atomic E-state index is 0.0440. The lowest BCUT2D eigenvalue weighted by molar-refractivity contribution is 0.0956. The Bertz CT molecular complexity index is 455. The van der Waals surface area contributed by atoms with Gasteiger partial charge in [-0.3, -0.25) is 4.79 Å². The highest BCUT2D eigenvalue weighted by molar-refractivity contribution is 7.99. The Labute approximate surface area is 133 Å². The van der Waals surface area contributed by atoms with E-state index in [-0.39, 0.29) is 11.3 Å². The Morgan fingerprint density at radius 3 is 2.38 bits per heavy atom. The van der Waals surface area contributed by atoms with Crippen molar-refractivity contribution in [1.82, 2.24) is 5.32 Å². The van der Waals surface area contributed by atoms with Crippen LogP contribution < -0.4 is 5.32 Å². The van der Waals surface area contributed by atoms with Crippen molar-refractivity contribution in [2.45, 2.75) is 57.1 Å². The van der Waals surface area contributed by atoms with Gasteiger partial charge in [-0.2, -0.15) is 11.8 Å². The Kier molecular flexibility index (Phi) is 5.74. The van der Waals surface area contributed by atoms with Gasteiger partial charge in [0.15, 0.2) is 0 Å². The predicted molar refractivity (Wildman–Crippen MR) is 92.2 cm³/mol. The second-order valence-corrected chi connectivity index (χ2v) is 8.27. The van der Waals surface area contributed by atoms with Crippen molar-refractivity contribution in [3.63, 3.8) is 0 Å². The average Bonchev–Trinajstić information content (AvgIpc) is 2.96. The summed E-state index contributed by atoms with van der Waals surface area (Å²) in [7, 11) is 0. The number of nitrogens with one attached hydrogen (secondary N) is 1. The molecule has 0 atom stereocenters. The van der Waals surface area contributed by atoms with Crippen LogP contribution in [-0.4, -0.2) is 23.5 Å². The number of carbonyl (C=O) groups excluding carboxylic acids is 1. The SMILES string of the molecule is CC(C)(C)c1ccc(C(=O)NCCSC2CCCC2)cc1. The molecule has 2 nitrogen and oxygen atoms in total. The van der Waals surface area contributed by atoms with Crippen LogP contribution in [-0.2, 0) is 5.41 Å². The van der Waals surface area contributed by atoms with Gasteiger partial charge < -0.3 is 5.32 Å². The van der Waals surface area contributed by atoms with E-state index < -0.39 is 0 Å². The smallest absolute Gasteiger partial charge is 0.251 e. The summed E-state index contributed by atoms with van der Waals surface area (Å²) < 4.78 is 0. The summed E-state index contributed by atoms with van der Waals surface area (Å²) in [5, 5.41) is 3.85. The minimum atomic E-state index is 0.0440. The second-order valence-electron chi connectivity index (χ2n) is 6.86. The topological polar surface area (TPSA) is 29.1 Å². The number of thioether (sulfide) groups is 1. The lowest BCUT2D eigenvalue weighted by atomic mass is 9.87. The third kappa shape index (κ3) is 5.06. The molecule has 1 fully saturated rings. The van der Waals surface area contributed by atoms with Crippen LogP contribution in [0, 0.1) is 0 Å². The largest absolute Gasteiger partial charge is 0.351 e. The maximum absolute atomic E-state index is 12.1. The van der Waals surface area contributed by atoms with E-state index in [2.05, 4.69) is 38.2 Å². The molecule has 1 aromatic rings. The molecule has 2 rings (SSSR count). The number of carbonyl (C=O) groups is 1. The zero-order valence-electron chi connectivity index (χ0n) is 13.4. The van der Waals surface area contributed by atoms with Crippen LogP contribution in [0.3, 0.4) is 0 Å². The average molecular weight is 305 g/mol. The number of hydrogen-bond acceptors (Lipinski definition) is 2. The van der Waals surface area contributed by atoms with Gasteiger partial charge in [0.05, 0.1) is 0 Å². The third-order valence-corrected chi connectivity index (χ3v) is 5.44. The molecule has 0 heterocycles. The summed E-state index contributed by atoms with van der Waals surface area (Å²) in [6.07, 6.45) is 5.47. The predicted octanol–water partition coefficient (Wildman–Crippen LogP) is 4.39. The molecule has 0 aromatic heterocycles. The lowest BCUT2D eigenvalue weighted by Crippen LogP contribution is -2.26. The molecule has 3 heteroatoms. The molecule has 0 saturated heterocycles. The van der Waals surface area contributed by atoms with Crippen molar-refractivity contribution in [2.24, 2.45) is 0 Å². The van der Waals surface area contributed by atoms with Gasteiger partial charge in [0.1, 0.15) is 0 Å². The van der Waals surface area contributed by atoms with Crippen molar-refractivity contribution in [2.75, 3.05) is 12.3 Å². The summed E-state index contributed by atoms with van der Waals surface area (Å²) >= 11 is 2.01. The fraction of sp³-hybridized carbons (Fsp3) is 0.611. The number of benzene rings is 1. The van der Waals surface area contributed by atoms with Gasteiger partial charge in [-0.05, 0) is 36.0 Å². The Morgan fingerprint density at radius 2 is 1.81 bits per heavy atom. The Morgan fingerprint density at radius 1 is 1.19 bits per heavy atom. The summed E-state index contributed by atoms with van der Waals surface area (Å²) in [4.78, 5) is 12.1. The van der Waals surface area contributed by atoms with Gasteiger partial charge >= 0.3 is 0 Å². The first-order valence-corrected chi connectivity index (χ1v) is 9.02. The third-order valence-electron chi connectivity index (χ3n) is 4.06. The first kappa shape index (κ1) is 16.4. The molecule has 1 amide bonds. The first-order valence-electron chi connectivity index (χ1n) is 7.97. The zero-order chi connectivity index (χ0) is 15.3. The monoisotopic (exact) mass is 305 g/mol. The molecule has 0 radical (unpaired) electrons.